The van der Waals surface area contributed by atoms with E-state index >= 15 is 0 Å². The van der Waals surface area contributed by atoms with Crippen molar-refractivity contribution in [2.75, 3.05) is 9.80 Å². The van der Waals surface area contributed by atoms with E-state index in [4.69, 9.17) is 0 Å². The van der Waals surface area contributed by atoms with Crippen molar-refractivity contribution in [1.29, 1.82) is 0 Å². The van der Waals surface area contributed by atoms with Crippen LogP contribution in [0, 0.1) is 33.6 Å². The van der Waals surface area contributed by atoms with Crippen LogP contribution in [0.2, 0.25) is 0 Å². The van der Waals surface area contributed by atoms with Gasteiger partial charge in [-0.3, -0.25) is 0 Å². The third-order valence-electron chi connectivity index (χ3n) is 20.7. The molecule has 95 heavy (non-hydrogen) atoms. The summed E-state index contributed by atoms with van der Waals surface area (Å²) in [5, 5.41) is 7.79. The van der Waals surface area contributed by atoms with Crippen LogP contribution in [0.4, 0.5) is 34.1 Å². The number of hydrogen-bond acceptors (Lipinski definition) is 2. The Morgan fingerprint density at radius 1 is 0.337 bits per heavy atom. The van der Waals surface area contributed by atoms with Crippen LogP contribution in [0.3, 0.4) is 0 Å². The summed E-state index contributed by atoms with van der Waals surface area (Å²) in [7, 11) is 0. The van der Waals surface area contributed by atoms with E-state index in [0.29, 0.717) is 5.92 Å². The number of hydrogen-bond donors (Lipinski definition) is 0. The van der Waals surface area contributed by atoms with E-state index in [1.165, 1.54) is 202 Å². The maximum Gasteiger partial charge on any atom is 0.0541 e. The fraction of sp³-hybridized carbons (Fsp3) is 0.200. The van der Waals surface area contributed by atoms with Gasteiger partial charge in [-0.1, -0.05) is 220 Å². The van der Waals surface area contributed by atoms with Crippen LogP contribution in [0.5, 0.6) is 0 Å². The van der Waals surface area contributed by atoms with Gasteiger partial charge >= 0.3 is 0 Å². The quantitative estimate of drug-likeness (QED) is 0.0961. The highest BCUT2D eigenvalue weighted by Crippen LogP contribution is 2.48. The Hall–Kier alpha value is -10.4. The maximum absolute atomic E-state index is 2.61. The van der Waals surface area contributed by atoms with Gasteiger partial charge in [-0.25, -0.2) is 0 Å². The Kier molecular flexibility index (Phi) is 16.8. The molecule has 1 fully saturated rings. The first-order valence-corrected chi connectivity index (χ1v) is 34.8. The van der Waals surface area contributed by atoms with Gasteiger partial charge in [0.2, 0.25) is 0 Å². The molecule has 5 heteroatoms. The van der Waals surface area contributed by atoms with Gasteiger partial charge in [0.25, 0.3) is 0 Å². The number of anilines is 6. The van der Waals surface area contributed by atoms with Gasteiger partial charge in [0.15, 0.2) is 0 Å². The summed E-state index contributed by atoms with van der Waals surface area (Å²) in [4.78, 5) is 4.74. The molecule has 470 valence electrons. The van der Waals surface area contributed by atoms with Crippen molar-refractivity contribution in [1.82, 2.24) is 13.7 Å². The van der Waals surface area contributed by atoms with Gasteiger partial charge in [-0.2, -0.15) is 0 Å². The Bertz CT molecular complexity index is 4660. The molecule has 3 aromatic heterocycles. The molecule has 0 saturated heterocycles. The second-order valence-corrected chi connectivity index (χ2v) is 26.9. The Labute approximate surface area is 560 Å². The number of nitrogens with zero attached hydrogens (tertiary/aromatic N) is 5. The lowest BCUT2D eigenvalue weighted by Crippen LogP contribution is -2.30. The Balaban J connectivity index is 0.000000156. The first kappa shape index (κ1) is 60.9. The predicted octanol–water partition coefficient (Wildman–Crippen LogP) is 25.3. The fourth-order valence-electron chi connectivity index (χ4n) is 15.6. The smallest absolute Gasteiger partial charge is 0.0541 e. The van der Waals surface area contributed by atoms with Crippen LogP contribution in [-0.2, 0) is 12.0 Å². The minimum absolute atomic E-state index is 0.00636. The number of para-hydroxylation sites is 4. The summed E-state index contributed by atoms with van der Waals surface area (Å²) in [6.45, 7) is 14.3. The van der Waals surface area contributed by atoms with Crippen molar-refractivity contribution in [3.8, 4) is 11.4 Å². The summed E-state index contributed by atoms with van der Waals surface area (Å²) in [6.07, 6.45) is 11.1. The van der Waals surface area contributed by atoms with Crippen LogP contribution < -0.4 is 9.80 Å². The summed E-state index contributed by atoms with van der Waals surface area (Å²) >= 11 is 0. The van der Waals surface area contributed by atoms with E-state index in [1.807, 2.05) is 0 Å². The van der Waals surface area contributed by atoms with Crippen LogP contribution in [0.25, 0.3) is 76.8 Å². The number of aromatic nitrogens is 3. The lowest BCUT2D eigenvalue weighted by atomic mass is 9.65. The predicted molar refractivity (Wildman–Crippen MR) is 406 cm³/mol. The van der Waals surface area contributed by atoms with Gasteiger partial charge in [0.05, 0.1) is 22.1 Å². The number of fused-ring (bicyclic) bond motifs is 9. The summed E-state index contributed by atoms with van der Waals surface area (Å²) in [5.74, 6) is 0.655. The minimum Gasteiger partial charge on any atom is -0.340 e. The lowest BCUT2D eigenvalue weighted by Gasteiger charge is -2.39. The van der Waals surface area contributed by atoms with Crippen LogP contribution in [0.15, 0.2) is 279 Å². The van der Waals surface area contributed by atoms with E-state index in [-0.39, 0.29) is 5.41 Å². The molecular formula is C90H85N5. The first-order valence-electron chi connectivity index (χ1n) is 34.8. The second kappa shape index (κ2) is 26.2. The molecule has 15 aromatic rings. The monoisotopic (exact) mass is 1240 g/mol. The molecular weight excluding hydrogens is 1150 g/mol. The van der Waals surface area contributed by atoms with Crippen LogP contribution in [0.1, 0.15) is 105 Å². The molecule has 0 radical (unpaired) electrons. The van der Waals surface area contributed by atoms with Crippen molar-refractivity contribution in [2.24, 2.45) is 5.92 Å². The van der Waals surface area contributed by atoms with Gasteiger partial charge < -0.3 is 23.5 Å². The third kappa shape index (κ3) is 11.6. The summed E-state index contributed by atoms with van der Waals surface area (Å²) in [6, 6.07) is 104. The van der Waals surface area contributed by atoms with Crippen molar-refractivity contribution in [3.05, 3.63) is 312 Å². The number of benzene rings is 12. The molecule has 0 spiro atoms. The molecule has 0 amide bonds. The molecule has 1 atom stereocenters. The summed E-state index contributed by atoms with van der Waals surface area (Å²) in [5.41, 5.74) is 25.0. The van der Waals surface area contributed by atoms with E-state index in [1.54, 1.807) is 0 Å². The molecule has 5 nitrogen and oxygen atoms in total. The number of aryl methyl sites for hydroxylation is 4. The van der Waals surface area contributed by atoms with Crippen molar-refractivity contribution >= 4 is 99.5 Å². The van der Waals surface area contributed by atoms with Crippen molar-refractivity contribution in [3.63, 3.8) is 0 Å². The van der Waals surface area contributed by atoms with Gasteiger partial charge in [-0.05, 0) is 197 Å². The van der Waals surface area contributed by atoms with E-state index in [0.717, 1.165) is 6.54 Å². The molecule has 0 aliphatic heterocycles. The van der Waals surface area contributed by atoms with Gasteiger partial charge in [-0.15, -0.1) is 0 Å². The highest BCUT2D eigenvalue weighted by molar-refractivity contribution is 6.13. The highest BCUT2D eigenvalue weighted by atomic mass is 15.1. The van der Waals surface area contributed by atoms with Gasteiger partial charge in [0.1, 0.15) is 0 Å². The normalized spacial score (nSPS) is 13.4. The molecule has 1 aliphatic carbocycles. The fourth-order valence-corrected chi connectivity index (χ4v) is 15.6. The molecule has 16 rings (SSSR count). The molecule has 1 saturated carbocycles. The minimum atomic E-state index is 0.00636. The zero-order valence-corrected chi connectivity index (χ0v) is 55.9. The molecule has 0 N–H and O–H groups in total. The average Bonchev–Trinajstić information content (AvgIpc) is 1.44. The lowest BCUT2D eigenvalue weighted by molar-refractivity contribution is 0.346. The summed E-state index contributed by atoms with van der Waals surface area (Å²) < 4.78 is 7.50. The molecule has 0 bridgehead atoms. The third-order valence-corrected chi connectivity index (χ3v) is 20.7. The van der Waals surface area contributed by atoms with Crippen molar-refractivity contribution in [2.45, 2.75) is 111 Å². The molecule has 3 heterocycles. The van der Waals surface area contributed by atoms with Crippen molar-refractivity contribution < 1.29 is 0 Å². The van der Waals surface area contributed by atoms with Gasteiger partial charge in [0, 0.05) is 101 Å². The zero-order chi connectivity index (χ0) is 64.6. The van der Waals surface area contributed by atoms with E-state index in [2.05, 4.69) is 344 Å². The number of unbranched alkanes of at least 4 members (excludes halogenated alkanes) is 1. The van der Waals surface area contributed by atoms with Crippen LogP contribution >= 0.6 is 0 Å². The SMILES string of the molecule is CCCCC(CC)Cn1c2ccc(-n3c4ccccc4c4ccccc43)cc2c2cc(-n3c4ccccc4c4ccccc43)ccc21.Cc1ccc(N(c2ccc(C)cc2)c2ccc(C3(c4ccc(N(c5ccc(C)cc5)c5ccc(C)cc5)cc4)CCCCC3)cc2)cc1. The zero-order valence-electron chi connectivity index (χ0n) is 55.9. The van der Waals surface area contributed by atoms with E-state index < -0.39 is 0 Å². The first-order chi connectivity index (χ1) is 46.6. The highest BCUT2D eigenvalue weighted by Gasteiger charge is 2.36. The van der Waals surface area contributed by atoms with E-state index in [9.17, 15) is 0 Å². The number of rotatable bonds is 16. The topological polar surface area (TPSA) is 21.3 Å². The second-order valence-electron chi connectivity index (χ2n) is 26.9. The standard InChI is InChI=1S/C46H46N2.C44H39N3/c1-34-8-20-40(21-9-34)47(41-22-10-35(2)11-23-41)44-28-16-38(17-29-44)46(32-6-5-7-33-46)39-18-30-45(31-19-39)48(42-24-12-36(3)13-25-42)43-26-14-37(4)15-27-43;1-3-5-14-30(4-2)29-45-39-25-23-31(46-41-19-10-6-15-33(41)34-16-7-11-20-42(34)46)27-37(39)38-28-32(24-26-40(38)45)47-43-21-12-8-17-35(43)36-18-9-13-22-44(36)47/h8-31H,5-7,32-33H2,1-4H3;6-13,15-28,30H,3-5,14,29H2,1-2H3. The van der Waals surface area contributed by atoms with Crippen LogP contribution in [-0.4, -0.2) is 13.7 Å². The molecule has 1 unspecified atom stereocenters. The molecule has 1 aliphatic rings. The largest absolute Gasteiger partial charge is 0.340 e. The maximum atomic E-state index is 2.61. The average molecular weight is 1240 g/mol. The molecule has 12 aromatic carbocycles. The Morgan fingerprint density at radius 3 is 0.968 bits per heavy atom. The Morgan fingerprint density at radius 2 is 0.653 bits per heavy atom.